The second-order valence-electron chi connectivity index (χ2n) is 7.34. The smallest absolute Gasteiger partial charge is 0.323 e. The fraction of sp³-hybridized carbons (Fsp3) is 0.474. The molecule has 2 aromatic rings. The third-order valence-corrected chi connectivity index (χ3v) is 7.06. The number of hydrogen-bond acceptors (Lipinski definition) is 6. The molecule has 2 aromatic heterocycles. The number of anilines is 1. The van der Waals surface area contributed by atoms with Gasteiger partial charge >= 0.3 is 6.03 Å². The Balaban J connectivity index is 1.35. The first-order valence-electron chi connectivity index (χ1n) is 9.35. The Bertz CT molecular complexity index is 943. The van der Waals surface area contributed by atoms with Crippen LogP contribution in [0.1, 0.15) is 41.9 Å². The van der Waals surface area contributed by atoms with E-state index in [1.807, 2.05) is 5.38 Å². The minimum atomic E-state index is -0.728. The van der Waals surface area contributed by atoms with Gasteiger partial charge in [0.15, 0.2) is 5.13 Å². The lowest BCUT2D eigenvalue weighted by molar-refractivity contribution is -0.131. The van der Waals surface area contributed by atoms with Crippen molar-refractivity contribution in [3.63, 3.8) is 0 Å². The molecule has 4 amide bonds. The van der Waals surface area contributed by atoms with Crippen LogP contribution in [-0.2, 0) is 9.59 Å². The maximum Gasteiger partial charge on any atom is 0.325 e. The van der Waals surface area contributed by atoms with E-state index in [2.05, 4.69) is 35.5 Å². The van der Waals surface area contributed by atoms with Gasteiger partial charge in [0.2, 0.25) is 5.91 Å². The van der Waals surface area contributed by atoms with E-state index in [1.54, 1.807) is 11.3 Å². The van der Waals surface area contributed by atoms with Crippen molar-refractivity contribution in [3.8, 4) is 11.3 Å². The zero-order valence-electron chi connectivity index (χ0n) is 15.8. The van der Waals surface area contributed by atoms with Crippen molar-refractivity contribution in [2.24, 2.45) is 0 Å². The van der Waals surface area contributed by atoms with Gasteiger partial charge in [-0.1, -0.05) is 12.8 Å². The topological polar surface area (TPSA) is 91.4 Å². The Morgan fingerprint density at radius 3 is 2.75 bits per heavy atom. The number of carbonyl (C=O) groups excluding carboxylic acids is 3. The monoisotopic (exact) mass is 418 g/mol. The van der Waals surface area contributed by atoms with Gasteiger partial charge in [0.25, 0.3) is 5.91 Å². The number of urea groups is 1. The van der Waals surface area contributed by atoms with E-state index in [0.717, 1.165) is 24.1 Å². The molecule has 0 bridgehead atoms. The van der Waals surface area contributed by atoms with E-state index in [-0.39, 0.29) is 30.8 Å². The quantitative estimate of drug-likeness (QED) is 0.725. The van der Waals surface area contributed by atoms with Crippen LogP contribution in [0.5, 0.6) is 0 Å². The Kier molecular flexibility index (Phi) is 4.96. The van der Waals surface area contributed by atoms with Gasteiger partial charge in [0.05, 0.1) is 5.69 Å². The lowest BCUT2D eigenvalue weighted by Crippen LogP contribution is -2.44. The third kappa shape index (κ3) is 3.44. The Labute approximate surface area is 171 Å². The van der Waals surface area contributed by atoms with Crippen LogP contribution in [0.25, 0.3) is 11.3 Å². The first-order chi connectivity index (χ1) is 13.4. The molecule has 148 valence electrons. The van der Waals surface area contributed by atoms with Crippen molar-refractivity contribution in [1.82, 2.24) is 15.2 Å². The van der Waals surface area contributed by atoms with Crippen LogP contribution in [0.2, 0.25) is 0 Å². The predicted octanol–water partition coefficient (Wildman–Crippen LogP) is 3.68. The van der Waals surface area contributed by atoms with Gasteiger partial charge < -0.3 is 10.6 Å². The zero-order valence-corrected chi connectivity index (χ0v) is 17.5. The second-order valence-corrected chi connectivity index (χ2v) is 9.66. The Morgan fingerprint density at radius 2 is 2.07 bits per heavy atom. The number of amides is 4. The number of aromatic nitrogens is 1. The molecule has 2 aliphatic rings. The lowest BCUT2D eigenvalue weighted by Gasteiger charge is -2.19. The van der Waals surface area contributed by atoms with Crippen molar-refractivity contribution < 1.29 is 14.4 Å². The van der Waals surface area contributed by atoms with Gasteiger partial charge in [-0.05, 0) is 32.8 Å². The maximum atomic E-state index is 12.6. The number of nitrogens with zero attached hydrogens (tertiary/aromatic N) is 2. The van der Waals surface area contributed by atoms with E-state index in [4.69, 9.17) is 0 Å². The Hall–Kier alpha value is -2.26. The average molecular weight is 419 g/mol. The summed E-state index contributed by atoms with van der Waals surface area (Å²) in [6.45, 7) is 4.20. The largest absolute Gasteiger partial charge is 0.325 e. The minimum absolute atomic E-state index is 0.0563. The molecule has 1 aliphatic carbocycles. The fourth-order valence-corrected chi connectivity index (χ4v) is 5.59. The standard InChI is InChI=1S/C19H22N4O3S2/c1-11-9-13(12(2)28-11)14-10-27-17(20-14)21-15(24)5-8-23-16(25)19(22-18(23)26)6-3-4-7-19/h9-10H,3-8H2,1-2H3,(H,22,26)(H,20,21,24). The molecule has 28 heavy (non-hydrogen) atoms. The second kappa shape index (κ2) is 7.29. The number of carbonyl (C=O) groups is 3. The molecule has 0 aromatic carbocycles. The number of nitrogens with one attached hydrogen (secondary N) is 2. The summed E-state index contributed by atoms with van der Waals surface area (Å²) in [5, 5.41) is 8.05. The van der Waals surface area contributed by atoms with Crippen molar-refractivity contribution in [3.05, 3.63) is 21.2 Å². The molecule has 2 fully saturated rings. The van der Waals surface area contributed by atoms with Gasteiger partial charge in [-0.3, -0.25) is 14.5 Å². The normalized spacial score (nSPS) is 18.1. The van der Waals surface area contributed by atoms with Crippen molar-refractivity contribution in [1.29, 1.82) is 0 Å². The van der Waals surface area contributed by atoms with E-state index in [0.29, 0.717) is 18.0 Å². The molecule has 1 saturated carbocycles. The van der Waals surface area contributed by atoms with Crippen LogP contribution in [0.3, 0.4) is 0 Å². The van der Waals surface area contributed by atoms with Gasteiger partial charge in [-0.15, -0.1) is 22.7 Å². The number of aryl methyl sites for hydroxylation is 2. The molecule has 4 rings (SSSR count). The first-order valence-corrected chi connectivity index (χ1v) is 11.0. The molecule has 0 radical (unpaired) electrons. The molecule has 2 N–H and O–H groups in total. The van der Waals surface area contributed by atoms with Crippen molar-refractivity contribution in [2.45, 2.75) is 51.5 Å². The number of thiazole rings is 1. The number of hydrogen-bond donors (Lipinski definition) is 2. The van der Waals surface area contributed by atoms with E-state index in [1.165, 1.54) is 26.0 Å². The number of rotatable bonds is 5. The summed E-state index contributed by atoms with van der Waals surface area (Å²) >= 11 is 3.09. The van der Waals surface area contributed by atoms with Crippen molar-refractivity contribution >= 4 is 45.7 Å². The number of thiophene rings is 1. The van der Waals surface area contributed by atoms with Crippen LogP contribution >= 0.6 is 22.7 Å². The first kappa shape index (κ1) is 19.1. The molecular weight excluding hydrogens is 396 g/mol. The summed E-state index contributed by atoms with van der Waals surface area (Å²) in [5.41, 5.74) is 1.20. The Morgan fingerprint density at radius 1 is 1.32 bits per heavy atom. The summed E-state index contributed by atoms with van der Waals surface area (Å²) in [6, 6.07) is 1.71. The highest BCUT2D eigenvalue weighted by Gasteiger charge is 2.52. The van der Waals surface area contributed by atoms with Crippen LogP contribution in [0.4, 0.5) is 9.93 Å². The highest BCUT2D eigenvalue weighted by atomic mass is 32.1. The average Bonchev–Trinajstić information content (AvgIpc) is 3.39. The lowest BCUT2D eigenvalue weighted by atomic mass is 9.98. The van der Waals surface area contributed by atoms with E-state index in [9.17, 15) is 14.4 Å². The molecular formula is C19H22N4O3S2. The van der Waals surface area contributed by atoms with E-state index >= 15 is 0 Å². The molecule has 0 unspecified atom stereocenters. The van der Waals surface area contributed by atoms with Crippen molar-refractivity contribution in [2.75, 3.05) is 11.9 Å². The van der Waals surface area contributed by atoms with E-state index < -0.39 is 5.54 Å². The minimum Gasteiger partial charge on any atom is -0.323 e. The summed E-state index contributed by atoms with van der Waals surface area (Å²) in [7, 11) is 0. The summed E-state index contributed by atoms with van der Waals surface area (Å²) in [5.74, 6) is -0.449. The zero-order chi connectivity index (χ0) is 19.9. The number of imide groups is 1. The summed E-state index contributed by atoms with van der Waals surface area (Å²) in [4.78, 5) is 45.2. The van der Waals surface area contributed by atoms with Gasteiger partial charge in [0.1, 0.15) is 5.54 Å². The molecule has 1 aliphatic heterocycles. The summed E-state index contributed by atoms with van der Waals surface area (Å²) < 4.78 is 0. The molecule has 7 nitrogen and oxygen atoms in total. The highest BCUT2D eigenvalue weighted by Crippen LogP contribution is 2.35. The van der Waals surface area contributed by atoms with Crippen LogP contribution < -0.4 is 10.6 Å². The molecule has 9 heteroatoms. The molecule has 1 spiro atoms. The van der Waals surface area contributed by atoms with Gasteiger partial charge in [0, 0.05) is 33.7 Å². The van der Waals surface area contributed by atoms with Gasteiger partial charge in [-0.25, -0.2) is 9.78 Å². The van der Waals surface area contributed by atoms with Crippen LogP contribution in [-0.4, -0.2) is 39.8 Å². The highest BCUT2D eigenvalue weighted by molar-refractivity contribution is 7.14. The SMILES string of the molecule is Cc1cc(-c2csc(NC(=O)CCN3C(=O)NC4(CCCC4)C3=O)n2)c(C)s1. The molecule has 0 atom stereocenters. The molecule has 3 heterocycles. The molecule has 1 saturated heterocycles. The maximum absolute atomic E-state index is 12.6. The third-order valence-electron chi connectivity index (χ3n) is 5.33. The fourth-order valence-electron chi connectivity index (χ4n) is 3.93. The van der Waals surface area contributed by atoms with Crippen LogP contribution in [0, 0.1) is 13.8 Å². The predicted molar refractivity (Wildman–Crippen MR) is 110 cm³/mol. The van der Waals surface area contributed by atoms with Crippen LogP contribution in [0.15, 0.2) is 11.4 Å². The summed E-state index contributed by atoms with van der Waals surface area (Å²) in [6.07, 6.45) is 3.31. The van der Waals surface area contributed by atoms with Gasteiger partial charge in [-0.2, -0.15) is 0 Å².